The van der Waals surface area contributed by atoms with E-state index in [9.17, 15) is 4.79 Å². The van der Waals surface area contributed by atoms with Crippen LogP contribution in [0.2, 0.25) is 0 Å². The van der Waals surface area contributed by atoms with Crippen molar-refractivity contribution in [2.24, 2.45) is 5.73 Å². The first-order chi connectivity index (χ1) is 6.24. The molecule has 0 aliphatic carbocycles. The Morgan fingerprint density at radius 3 is 3.15 bits per heavy atom. The molecule has 13 heavy (non-hydrogen) atoms. The summed E-state index contributed by atoms with van der Waals surface area (Å²) in [5.74, 6) is 0.173. The minimum Gasteiger partial charge on any atom is -0.363 e. The molecule has 1 atom stereocenters. The van der Waals surface area contributed by atoms with Gasteiger partial charge >= 0.3 is 0 Å². The van der Waals surface area contributed by atoms with E-state index < -0.39 is 6.04 Å². The zero-order chi connectivity index (χ0) is 9.68. The Labute approximate surface area is 76.3 Å². The molecule has 0 aliphatic heterocycles. The summed E-state index contributed by atoms with van der Waals surface area (Å²) in [6.45, 7) is 1.98. The lowest BCUT2D eigenvalue weighted by molar-refractivity contribution is -0.117. The summed E-state index contributed by atoms with van der Waals surface area (Å²) < 4.78 is 4.55. The van der Waals surface area contributed by atoms with Gasteiger partial charge in [0.25, 0.3) is 0 Å². The quantitative estimate of drug-likeness (QED) is 0.721. The zero-order valence-electron chi connectivity index (χ0n) is 7.49. The molecule has 1 aromatic heterocycles. The Morgan fingerprint density at radius 2 is 2.62 bits per heavy atom. The summed E-state index contributed by atoms with van der Waals surface area (Å²) in [5.41, 5.74) is 5.57. The summed E-state index contributed by atoms with van der Waals surface area (Å²) in [6.07, 6.45) is 2.94. The largest absolute Gasteiger partial charge is 0.363 e. The number of hydrogen-bond acceptors (Lipinski definition) is 4. The third kappa shape index (κ3) is 2.87. The predicted octanol–water partition coefficient (Wildman–Crippen LogP) is 0.741. The second-order valence-corrected chi connectivity index (χ2v) is 2.77. The van der Waals surface area contributed by atoms with E-state index in [0.717, 1.165) is 6.42 Å². The lowest BCUT2D eigenvalue weighted by Gasteiger charge is -2.08. The third-order valence-electron chi connectivity index (χ3n) is 1.63. The zero-order valence-corrected chi connectivity index (χ0v) is 7.49. The monoisotopic (exact) mass is 183 g/mol. The van der Waals surface area contributed by atoms with Gasteiger partial charge in [0, 0.05) is 6.07 Å². The Kier molecular flexibility index (Phi) is 3.45. The molecule has 0 spiro atoms. The van der Waals surface area contributed by atoms with Gasteiger partial charge in [-0.25, -0.2) is 0 Å². The van der Waals surface area contributed by atoms with Crippen LogP contribution in [0, 0.1) is 0 Å². The maximum atomic E-state index is 11.3. The molecule has 0 unspecified atom stereocenters. The van der Waals surface area contributed by atoms with Gasteiger partial charge in [0.05, 0.1) is 6.04 Å². The molecule has 0 radical (unpaired) electrons. The molecule has 0 saturated carbocycles. The number of carbonyl (C=O) groups is 1. The van der Waals surface area contributed by atoms with Crippen LogP contribution in [0.3, 0.4) is 0 Å². The number of rotatable bonds is 4. The molecule has 1 aromatic rings. The highest BCUT2D eigenvalue weighted by Crippen LogP contribution is 2.03. The number of aromatic nitrogens is 1. The number of carbonyl (C=O) groups excluding carboxylic acids is 1. The summed E-state index contributed by atoms with van der Waals surface area (Å²) in [5, 5.41) is 6.07. The molecule has 3 N–H and O–H groups in total. The summed E-state index contributed by atoms with van der Waals surface area (Å²) in [4.78, 5) is 11.3. The van der Waals surface area contributed by atoms with Crippen molar-refractivity contribution >= 4 is 11.7 Å². The highest BCUT2D eigenvalue weighted by molar-refractivity contribution is 5.93. The topological polar surface area (TPSA) is 81.2 Å². The molecule has 1 rings (SSSR count). The van der Waals surface area contributed by atoms with E-state index in [0.29, 0.717) is 12.2 Å². The third-order valence-corrected chi connectivity index (χ3v) is 1.63. The van der Waals surface area contributed by atoms with Gasteiger partial charge in [-0.15, -0.1) is 0 Å². The van der Waals surface area contributed by atoms with Gasteiger partial charge in [0.15, 0.2) is 5.82 Å². The van der Waals surface area contributed by atoms with Crippen molar-refractivity contribution in [3.63, 3.8) is 0 Å². The fourth-order valence-electron chi connectivity index (χ4n) is 0.938. The average molecular weight is 183 g/mol. The smallest absolute Gasteiger partial charge is 0.242 e. The Bertz CT molecular complexity index is 258. The lowest BCUT2D eigenvalue weighted by Crippen LogP contribution is -2.35. The van der Waals surface area contributed by atoms with E-state index in [1.807, 2.05) is 6.92 Å². The highest BCUT2D eigenvalue weighted by atomic mass is 16.5. The van der Waals surface area contributed by atoms with Crippen molar-refractivity contribution in [2.45, 2.75) is 25.8 Å². The van der Waals surface area contributed by atoms with Crippen molar-refractivity contribution < 1.29 is 9.32 Å². The van der Waals surface area contributed by atoms with E-state index in [4.69, 9.17) is 5.73 Å². The van der Waals surface area contributed by atoms with Crippen LogP contribution in [0.5, 0.6) is 0 Å². The van der Waals surface area contributed by atoms with E-state index in [1.165, 1.54) is 6.26 Å². The fourth-order valence-corrected chi connectivity index (χ4v) is 0.938. The first-order valence-electron chi connectivity index (χ1n) is 4.21. The molecule has 5 heteroatoms. The van der Waals surface area contributed by atoms with Crippen LogP contribution >= 0.6 is 0 Å². The van der Waals surface area contributed by atoms with Gasteiger partial charge in [0.1, 0.15) is 6.26 Å². The first kappa shape index (κ1) is 9.73. The van der Waals surface area contributed by atoms with E-state index >= 15 is 0 Å². The summed E-state index contributed by atoms with van der Waals surface area (Å²) >= 11 is 0. The highest BCUT2D eigenvalue weighted by Gasteiger charge is 2.12. The van der Waals surface area contributed by atoms with Crippen LogP contribution < -0.4 is 11.1 Å². The molecular weight excluding hydrogens is 170 g/mol. The standard InChI is InChI=1S/C8H13N3O2/c1-2-3-6(9)8(12)10-7-4-5-13-11-7/h4-6H,2-3,9H2,1H3,(H,10,11,12)/t6-/m0/s1. The van der Waals surface area contributed by atoms with Gasteiger partial charge in [-0.3, -0.25) is 4.79 Å². The van der Waals surface area contributed by atoms with Crippen LogP contribution in [-0.4, -0.2) is 17.1 Å². The van der Waals surface area contributed by atoms with Crippen molar-refractivity contribution in [3.05, 3.63) is 12.3 Å². The number of nitrogens with one attached hydrogen (secondary N) is 1. The normalized spacial score (nSPS) is 12.5. The molecule has 0 aromatic carbocycles. The van der Waals surface area contributed by atoms with E-state index in [1.54, 1.807) is 6.07 Å². The minimum atomic E-state index is -0.471. The van der Waals surface area contributed by atoms with Crippen molar-refractivity contribution in [1.82, 2.24) is 5.16 Å². The fraction of sp³-hybridized carbons (Fsp3) is 0.500. The SMILES string of the molecule is CCC[C@H](N)C(=O)Nc1ccon1. The maximum absolute atomic E-state index is 11.3. The Morgan fingerprint density at radius 1 is 1.85 bits per heavy atom. The van der Waals surface area contributed by atoms with Crippen LogP contribution in [-0.2, 0) is 4.79 Å². The van der Waals surface area contributed by atoms with Crippen LogP contribution in [0.25, 0.3) is 0 Å². The number of hydrogen-bond donors (Lipinski definition) is 2. The summed E-state index contributed by atoms with van der Waals surface area (Å²) in [6, 6.07) is 1.10. The van der Waals surface area contributed by atoms with E-state index in [-0.39, 0.29) is 5.91 Å². The minimum absolute atomic E-state index is 0.226. The Hall–Kier alpha value is -1.36. The molecule has 1 heterocycles. The number of nitrogens with two attached hydrogens (primary N) is 1. The molecule has 0 saturated heterocycles. The van der Waals surface area contributed by atoms with Gasteiger partial charge in [-0.1, -0.05) is 18.5 Å². The number of amides is 1. The van der Waals surface area contributed by atoms with Gasteiger partial charge < -0.3 is 15.6 Å². The number of anilines is 1. The van der Waals surface area contributed by atoms with Crippen molar-refractivity contribution in [3.8, 4) is 0 Å². The second kappa shape index (κ2) is 4.61. The van der Waals surface area contributed by atoms with E-state index in [2.05, 4.69) is 15.0 Å². The van der Waals surface area contributed by atoms with Crippen LogP contribution in [0.4, 0.5) is 5.82 Å². The molecule has 0 fully saturated rings. The van der Waals surface area contributed by atoms with Crippen molar-refractivity contribution in [2.75, 3.05) is 5.32 Å². The van der Waals surface area contributed by atoms with Gasteiger partial charge in [0.2, 0.25) is 5.91 Å². The second-order valence-electron chi connectivity index (χ2n) is 2.77. The lowest BCUT2D eigenvalue weighted by atomic mass is 10.2. The maximum Gasteiger partial charge on any atom is 0.242 e. The molecule has 0 bridgehead atoms. The van der Waals surface area contributed by atoms with Gasteiger partial charge in [-0.2, -0.15) is 0 Å². The van der Waals surface area contributed by atoms with Crippen LogP contribution in [0.15, 0.2) is 16.9 Å². The first-order valence-corrected chi connectivity index (χ1v) is 4.21. The molecule has 0 aliphatic rings. The molecule has 1 amide bonds. The van der Waals surface area contributed by atoms with Crippen molar-refractivity contribution in [1.29, 1.82) is 0 Å². The van der Waals surface area contributed by atoms with Crippen LogP contribution in [0.1, 0.15) is 19.8 Å². The molecular formula is C8H13N3O2. The molecule has 5 nitrogen and oxygen atoms in total. The number of nitrogens with zero attached hydrogens (tertiary/aromatic N) is 1. The Balaban J connectivity index is 2.41. The predicted molar refractivity (Wildman–Crippen MR) is 48.0 cm³/mol. The summed E-state index contributed by atoms with van der Waals surface area (Å²) in [7, 11) is 0. The van der Waals surface area contributed by atoms with Gasteiger partial charge in [-0.05, 0) is 6.42 Å². The average Bonchev–Trinajstić information content (AvgIpc) is 2.57. The molecule has 72 valence electrons.